The van der Waals surface area contributed by atoms with E-state index >= 15 is 0 Å². The van der Waals surface area contributed by atoms with Gasteiger partial charge in [0.25, 0.3) is 5.91 Å². The minimum absolute atomic E-state index is 0.00245. The van der Waals surface area contributed by atoms with E-state index in [2.05, 4.69) is 21.0 Å². The second kappa shape index (κ2) is 9.26. The molecule has 0 atom stereocenters. The van der Waals surface area contributed by atoms with Crippen molar-refractivity contribution in [2.24, 2.45) is 5.92 Å². The first-order chi connectivity index (χ1) is 14.6. The SMILES string of the molecule is O=C(OCc1cnn(-c2ccccc2)c1)C1CCN(C(=O)c2ccc(Br)cc2)CC1. The molecule has 1 aromatic heterocycles. The normalized spacial score (nSPS) is 14.5. The Morgan fingerprint density at radius 1 is 1.03 bits per heavy atom. The second-order valence-electron chi connectivity index (χ2n) is 7.31. The number of carbonyl (C=O) groups excluding carboxylic acids is 2. The summed E-state index contributed by atoms with van der Waals surface area (Å²) in [6.45, 7) is 1.31. The molecule has 4 rings (SSSR count). The van der Waals surface area contributed by atoms with E-state index in [1.54, 1.807) is 15.8 Å². The third-order valence-corrected chi connectivity index (χ3v) is 5.77. The summed E-state index contributed by atoms with van der Waals surface area (Å²) in [4.78, 5) is 26.9. The first-order valence-corrected chi connectivity index (χ1v) is 10.7. The summed E-state index contributed by atoms with van der Waals surface area (Å²) < 4.78 is 8.21. The molecule has 3 aromatic rings. The van der Waals surface area contributed by atoms with Crippen molar-refractivity contribution in [3.8, 4) is 5.69 Å². The van der Waals surface area contributed by atoms with Crippen LogP contribution >= 0.6 is 15.9 Å². The summed E-state index contributed by atoms with van der Waals surface area (Å²) in [5, 5.41) is 4.32. The number of esters is 1. The summed E-state index contributed by atoms with van der Waals surface area (Å²) >= 11 is 3.38. The van der Waals surface area contributed by atoms with Gasteiger partial charge in [0.15, 0.2) is 0 Å². The van der Waals surface area contributed by atoms with Crippen LogP contribution in [0, 0.1) is 5.92 Å². The van der Waals surface area contributed by atoms with Gasteiger partial charge in [0.1, 0.15) is 6.61 Å². The van der Waals surface area contributed by atoms with Crippen LogP contribution in [-0.2, 0) is 16.1 Å². The van der Waals surface area contributed by atoms with Gasteiger partial charge in [0.05, 0.1) is 17.8 Å². The molecule has 1 aliphatic heterocycles. The van der Waals surface area contributed by atoms with Gasteiger partial charge in [-0.25, -0.2) is 4.68 Å². The lowest BCUT2D eigenvalue weighted by Crippen LogP contribution is -2.40. The zero-order valence-corrected chi connectivity index (χ0v) is 18.0. The van der Waals surface area contributed by atoms with Crippen LogP contribution in [0.2, 0.25) is 0 Å². The molecule has 2 aromatic carbocycles. The molecule has 0 radical (unpaired) electrons. The fourth-order valence-corrected chi connectivity index (χ4v) is 3.79. The zero-order chi connectivity index (χ0) is 20.9. The molecule has 30 heavy (non-hydrogen) atoms. The predicted octanol–water partition coefficient (Wildman–Crippen LogP) is 4.23. The quantitative estimate of drug-likeness (QED) is 0.526. The van der Waals surface area contributed by atoms with Crippen LogP contribution in [0.15, 0.2) is 71.5 Å². The number of likely N-dealkylation sites (tertiary alicyclic amines) is 1. The van der Waals surface area contributed by atoms with Crippen LogP contribution in [0.4, 0.5) is 0 Å². The van der Waals surface area contributed by atoms with Crippen molar-refractivity contribution < 1.29 is 14.3 Å². The molecule has 1 aliphatic rings. The highest BCUT2D eigenvalue weighted by Crippen LogP contribution is 2.22. The average Bonchev–Trinajstić information content (AvgIpc) is 3.27. The number of aromatic nitrogens is 2. The molecule has 1 saturated heterocycles. The Balaban J connectivity index is 1.26. The number of halogens is 1. The molecule has 0 spiro atoms. The van der Waals surface area contributed by atoms with Gasteiger partial charge in [-0.2, -0.15) is 5.10 Å². The van der Waals surface area contributed by atoms with Gasteiger partial charge < -0.3 is 9.64 Å². The number of para-hydroxylation sites is 1. The summed E-state index contributed by atoms with van der Waals surface area (Å²) in [6.07, 6.45) is 4.80. The highest BCUT2D eigenvalue weighted by Gasteiger charge is 2.28. The number of piperidine rings is 1. The van der Waals surface area contributed by atoms with Gasteiger partial charge in [0, 0.05) is 34.9 Å². The van der Waals surface area contributed by atoms with E-state index < -0.39 is 0 Å². The molecule has 154 valence electrons. The van der Waals surface area contributed by atoms with E-state index in [0.717, 1.165) is 15.7 Å². The van der Waals surface area contributed by atoms with Crippen molar-refractivity contribution in [3.05, 3.63) is 82.6 Å². The van der Waals surface area contributed by atoms with Crippen LogP contribution in [0.1, 0.15) is 28.8 Å². The Bertz CT molecular complexity index is 1010. The fraction of sp³-hybridized carbons (Fsp3) is 0.261. The van der Waals surface area contributed by atoms with Crippen LogP contribution in [0.5, 0.6) is 0 Å². The van der Waals surface area contributed by atoms with Crippen LogP contribution in [-0.4, -0.2) is 39.6 Å². The third-order valence-electron chi connectivity index (χ3n) is 5.24. The molecule has 1 fully saturated rings. The predicted molar refractivity (Wildman–Crippen MR) is 116 cm³/mol. The Labute approximate surface area is 183 Å². The van der Waals surface area contributed by atoms with Gasteiger partial charge in [-0.05, 0) is 49.2 Å². The second-order valence-corrected chi connectivity index (χ2v) is 8.23. The van der Waals surface area contributed by atoms with E-state index in [4.69, 9.17) is 4.74 Å². The molecule has 0 bridgehead atoms. The van der Waals surface area contributed by atoms with Crippen molar-refractivity contribution in [1.82, 2.24) is 14.7 Å². The van der Waals surface area contributed by atoms with Crippen molar-refractivity contribution in [3.63, 3.8) is 0 Å². The molecular weight excluding hydrogens is 446 g/mol. The van der Waals surface area contributed by atoms with E-state index in [1.807, 2.05) is 60.8 Å². The highest BCUT2D eigenvalue weighted by molar-refractivity contribution is 9.10. The number of benzene rings is 2. The largest absolute Gasteiger partial charge is 0.460 e. The van der Waals surface area contributed by atoms with Gasteiger partial charge >= 0.3 is 5.97 Å². The maximum absolute atomic E-state index is 12.6. The fourth-order valence-electron chi connectivity index (χ4n) is 3.52. The van der Waals surface area contributed by atoms with Crippen molar-refractivity contribution in [2.75, 3.05) is 13.1 Å². The maximum Gasteiger partial charge on any atom is 0.309 e. The number of amides is 1. The lowest BCUT2D eigenvalue weighted by Gasteiger charge is -2.31. The van der Waals surface area contributed by atoms with Crippen molar-refractivity contribution in [1.29, 1.82) is 0 Å². The van der Waals surface area contributed by atoms with E-state index in [9.17, 15) is 9.59 Å². The lowest BCUT2D eigenvalue weighted by molar-refractivity contribution is -0.151. The highest BCUT2D eigenvalue weighted by atomic mass is 79.9. The number of rotatable bonds is 5. The molecule has 1 amide bonds. The van der Waals surface area contributed by atoms with Gasteiger partial charge in [0.2, 0.25) is 0 Å². The zero-order valence-electron chi connectivity index (χ0n) is 16.4. The van der Waals surface area contributed by atoms with Crippen LogP contribution < -0.4 is 0 Å². The number of hydrogen-bond acceptors (Lipinski definition) is 4. The number of carbonyl (C=O) groups is 2. The third kappa shape index (κ3) is 4.79. The Morgan fingerprint density at radius 3 is 2.43 bits per heavy atom. The smallest absolute Gasteiger partial charge is 0.309 e. The van der Waals surface area contributed by atoms with Crippen molar-refractivity contribution >= 4 is 27.8 Å². The monoisotopic (exact) mass is 467 g/mol. The minimum atomic E-state index is -0.210. The van der Waals surface area contributed by atoms with Crippen LogP contribution in [0.25, 0.3) is 5.69 Å². The molecular formula is C23H22BrN3O3. The number of hydrogen-bond donors (Lipinski definition) is 0. The van der Waals surface area contributed by atoms with E-state index in [-0.39, 0.29) is 24.4 Å². The molecule has 0 saturated carbocycles. The average molecular weight is 468 g/mol. The summed E-state index contributed by atoms with van der Waals surface area (Å²) in [5.41, 5.74) is 2.46. The summed E-state index contributed by atoms with van der Waals surface area (Å²) in [7, 11) is 0. The maximum atomic E-state index is 12.6. The van der Waals surface area contributed by atoms with E-state index in [0.29, 0.717) is 31.5 Å². The summed E-state index contributed by atoms with van der Waals surface area (Å²) in [6, 6.07) is 17.1. The van der Waals surface area contributed by atoms with Gasteiger partial charge in [-0.3, -0.25) is 9.59 Å². The molecule has 0 N–H and O–H groups in total. The minimum Gasteiger partial charge on any atom is -0.460 e. The molecule has 0 aliphatic carbocycles. The number of ether oxygens (including phenoxy) is 1. The van der Waals surface area contributed by atoms with Gasteiger partial charge in [-0.1, -0.05) is 34.1 Å². The first-order valence-electron chi connectivity index (χ1n) is 9.90. The van der Waals surface area contributed by atoms with Crippen LogP contribution in [0.3, 0.4) is 0 Å². The Morgan fingerprint density at radius 2 is 1.73 bits per heavy atom. The molecule has 6 nitrogen and oxygen atoms in total. The molecule has 0 unspecified atom stereocenters. The number of nitrogens with zero attached hydrogens (tertiary/aromatic N) is 3. The lowest BCUT2D eigenvalue weighted by atomic mass is 9.96. The topological polar surface area (TPSA) is 64.4 Å². The van der Waals surface area contributed by atoms with E-state index in [1.165, 1.54) is 0 Å². The summed E-state index contributed by atoms with van der Waals surface area (Å²) in [5.74, 6) is -0.385. The first kappa shape index (κ1) is 20.3. The Kier molecular flexibility index (Phi) is 6.28. The molecule has 2 heterocycles. The Hall–Kier alpha value is -2.93. The van der Waals surface area contributed by atoms with Gasteiger partial charge in [-0.15, -0.1) is 0 Å². The van der Waals surface area contributed by atoms with Crippen molar-refractivity contribution in [2.45, 2.75) is 19.4 Å². The standard InChI is InChI=1S/C23H22BrN3O3/c24-20-8-6-18(7-9-20)22(28)26-12-10-19(11-13-26)23(29)30-16-17-14-25-27(15-17)21-4-2-1-3-5-21/h1-9,14-15,19H,10-13,16H2. The molecule has 7 heteroatoms.